The number of hydrogen-bond donors (Lipinski definition) is 1. The van der Waals surface area contributed by atoms with Gasteiger partial charge in [-0.15, -0.1) is 0 Å². The van der Waals surface area contributed by atoms with Crippen LogP contribution < -0.4 is 5.73 Å². The Hall–Kier alpha value is -2.15. The standard InChI is InChI=1S/C16H13FN2O2S/c17-13-5-1-3-11(8-13)15-12(9-18)7-10-4-2-6-14(22(20)21)16(10)19-15/h1-8H,9,18H2,(H,20,21)/p-1. The third kappa shape index (κ3) is 2.64. The summed E-state index contributed by atoms with van der Waals surface area (Å²) in [4.78, 5) is 4.55. The van der Waals surface area contributed by atoms with Gasteiger partial charge in [0.2, 0.25) is 0 Å². The van der Waals surface area contributed by atoms with Crippen molar-refractivity contribution in [2.75, 3.05) is 0 Å². The molecule has 22 heavy (non-hydrogen) atoms. The lowest BCUT2D eigenvalue weighted by Gasteiger charge is -2.13. The summed E-state index contributed by atoms with van der Waals surface area (Å²) in [5.41, 5.74) is 7.90. The quantitative estimate of drug-likeness (QED) is 0.754. The maximum Gasteiger partial charge on any atom is 0.123 e. The highest BCUT2D eigenvalue weighted by Crippen LogP contribution is 2.28. The summed E-state index contributed by atoms with van der Waals surface area (Å²) in [6.07, 6.45) is 0. The van der Waals surface area contributed by atoms with Gasteiger partial charge >= 0.3 is 0 Å². The lowest BCUT2D eigenvalue weighted by Crippen LogP contribution is -2.03. The number of rotatable bonds is 3. The number of pyridine rings is 1. The average molecular weight is 315 g/mol. The largest absolute Gasteiger partial charge is 0.768 e. The molecular weight excluding hydrogens is 303 g/mol. The van der Waals surface area contributed by atoms with Crippen LogP contribution in [0.1, 0.15) is 5.56 Å². The summed E-state index contributed by atoms with van der Waals surface area (Å²) in [6.45, 7) is 0.222. The Morgan fingerprint density at radius 3 is 2.64 bits per heavy atom. The van der Waals surface area contributed by atoms with Gasteiger partial charge in [0, 0.05) is 17.5 Å². The van der Waals surface area contributed by atoms with Gasteiger partial charge in [-0.1, -0.05) is 24.3 Å². The monoisotopic (exact) mass is 315 g/mol. The first kappa shape index (κ1) is 14.8. The average Bonchev–Trinajstić information content (AvgIpc) is 2.52. The predicted molar refractivity (Wildman–Crippen MR) is 82.2 cm³/mol. The Labute approximate surface area is 129 Å². The topological polar surface area (TPSA) is 79.0 Å². The van der Waals surface area contributed by atoms with E-state index < -0.39 is 11.1 Å². The van der Waals surface area contributed by atoms with Crippen LogP contribution in [0.5, 0.6) is 0 Å². The fourth-order valence-electron chi connectivity index (χ4n) is 2.39. The van der Waals surface area contributed by atoms with Crippen LogP contribution in [0.4, 0.5) is 4.39 Å². The van der Waals surface area contributed by atoms with Crippen molar-refractivity contribution in [3.05, 3.63) is 59.9 Å². The highest BCUT2D eigenvalue weighted by atomic mass is 32.2. The van der Waals surface area contributed by atoms with Gasteiger partial charge in [0.05, 0.1) is 16.1 Å². The number of benzene rings is 2. The van der Waals surface area contributed by atoms with Crippen molar-refractivity contribution in [1.29, 1.82) is 0 Å². The fourth-order valence-corrected chi connectivity index (χ4v) is 2.90. The molecule has 4 nitrogen and oxygen atoms in total. The van der Waals surface area contributed by atoms with Gasteiger partial charge in [-0.05, 0) is 40.9 Å². The van der Waals surface area contributed by atoms with Crippen molar-refractivity contribution >= 4 is 22.0 Å². The zero-order valence-corrected chi connectivity index (χ0v) is 12.3. The van der Waals surface area contributed by atoms with Crippen molar-refractivity contribution < 1.29 is 13.2 Å². The second-order valence-electron chi connectivity index (χ2n) is 4.77. The van der Waals surface area contributed by atoms with Crippen LogP contribution in [0.3, 0.4) is 0 Å². The summed E-state index contributed by atoms with van der Waals surface area (Å²) < 4.78 is 36.1. The van der Waals surface area contributed by atoms with Gasteiger partial charge in [-0.2, -0.15) is 0 Å². The molecule has 3 aromatic rings. The minimum Gasteiger partial charge on any atom is -0.768 e. The number of fused-ring (bicyclic) bond motifs is 1. The van der Waals surface area contributed by atoms with Crippen LogP contribution in [0.2, 0.25) is 0 Å². The number of aromatic nitrogens is 1. The predicted octanol–water partition coefficient (Wildman–Crippen LogP) is 2.74. The maximum atomic E-state index is 13.5. The molecule has 1 unspecified atom stereocenters. The van der Waals surface area contributed by atoms with Crippen LogP contribution in [-0.4, -0.2) is 13.7 Å². The van der Waals surface area contributed by atoms with E-state index in [2.05, 4.69) is 4.98 Å². The summed E-state index contributed by atoms with van der Waals surface area (Å²) in [5, 5.41) is 0.683. The second-order valence-corrected chi connectivity index (χ2v) is 5.68. The molecule has 2 N–H and O–H groups in total. The van der Waals surface area contributed by atoms with E-state index in [4.69, 9.17) is 5.73 Å². The molecule has 1 atom stereocenters. The van der Waals surface area contributed by atoms with Crippen molar-refractivity contribution in [2.24, 2.45) is 5.73 Å². The molecule has 0 aliphatic carbocycles. The highest BCUT2D eigenvalue weighted by Gasteiger charge is 2.11. The molecule has 0 bridgehead atoms. The molecule has 0 fully saturated rings. The summed E-state index contributed by atoms with van der Waals surface area (Å²) in [7, 11) is 0. The number of hydrogen-bond acceptors (Lipinski definition) is 4. The smallest absolute Gasteiger partial charge is 0.123 e. The Morgan fingerprint density at radius 1 is 1.18 bits per heavy atom. The molecule has 112 valence electrons. The third-order valence-electron chi connectivity index (χ3n) is 3.39. The van der Waals surface area contributed by atoms with E-state index in [1.54, 1.807) is 30.3 Å². The SMILES string of the molecule is NCc1cc2cccc(S(=O)[O-])c2nc1-c1cccc(F)c1. The normalized spacial score (nSPS) is 12.5. The van der Waals surface area contributed by atoms with Crippen LogP contribution in [-0.2, 0) is 17.6 Å². The van der Waals surface area contributed by atoms with E-state index >= 15 is 0 Å². The second kappa shape index (κ2) is 5.92. The Morgan fingerprint density at radius 2 is 1.95 bits per heavy atom. The highest BCUT2D eigenvalue weighted by molar-refractivity contribution is 7.79. The fraction of sp³-hybridized carbons (Fsp3) is 0.0625. The van der Waals surface area contributed by atoms with E-state index in [1.807, 2.05) is 0 Å². The van der Waals surface area contributed by atoms with Crippen molar-refractivity contribution in [1.82, 2.24) is 4.98 Å². The number of halogens is 1. The van der Waals surface area contributed by atoms with Crippen molar-refractivity contribution in [3.63, 3.8) is 0 Å². The van der Waals surface area contributed by atoms with Gasteiger partial charge in [-0.25, -0.2) is 9.37 Å². The van der Waals surface area contributed by atoms with Gasteiger partial charge in [0.25, 0.3) is 0 Å². The minimum absolute atomic E-state index is 0.110. The minimum atomic E-state index is -2.40. The van der Waals surface area contributed by atoms with E-state index in [0.717, 1.165) is 5.56 Å². The molecule has 0 aliphatic rings. The zero-order valence-electron chi connectivity index (χ0n) is 11.5. The first-order chi connectivity index (χ1) is 10.6. The molecule has 0 spiro atoms. The van der Waals surface area contributed by atoms with E-state index in [1.165, 1.54) is 18.2 Å². The molecule has 0 amide bonds. The number of nitrogens with zero attached hydrogens (tertiary/aromatic N) is 1. The number of para-hydroxylation sites is 1. The van der Waals surface area contributed by atoms with Crippen LogP contribution in [0.25, 0.3) is 22.2 Å². The summed E-state index contributed by atoms with van der Waals surface area (Å²) in [6, 6.07) is 12.7. The Balaban J connectivity index is 2.33. The van der Waals surface area contributed by atoms with Crippen LogP contribution in [0.15, 0.2) is 53.4 Å². The van der Waals surface area contributed by atoms with Crippen molar-refractivity contribution in [2.45, 2.75) is 11.4 Å². The third-order valence-corrected chi connectivity index (χ3v) is 4.07. The molecule has 0 aliphatic heterocycles. The molecule has 0 radical (unpaired) electrons. The molecule has 0 saturated heterocycles. The number of nitrogens with two attached hydrogens (primary N) is 1. The first-order valence-corrected chi connectivity index (χ1v) is 7.65. The van der Waals surface area contributed by atoms with Gasteiger partial charge < -0.3 is 10.3 Å². The zero-order chi connectivity index (χ0) is 15.7. The molecule has 2 aromatic carbocycles. The summed E-state index contributed by atoms with van der Waals surface area (Å²) >= 11 is -2.40. The molecular formula is C16H12FN2O2S-. The first-order valence-electron chi connectivity index (χ1n) is 6.58. The van der Waals surface area contributed by atoms with Gasteiger partial charge in [0.1, 0.15) is 5.82 Å². The molecule has 6 heteroatoms. The Kier molecular flexibility index (Phi) is 3.98. The summed E-state index contributed by atoms with van der Waals surface area (Å²) in [5.74, 6) is -0.386. The van der Waals surface area contributed by atoms with E-state index in [0.29, 0.717) is 22.2 Å². The molecule has 1 heterocycles. The van der Waals surface area contributed by atoms with Gasteiger partial charge in [-0.3, -0.25) is 4.21 Å². The van der Waals surface area contributed by atoms with Crippen molar-refractivity contribution in [3.8, 4) is 11.3 Å². The van der Waals surface area contributed by atoms with E-state index in [9.17, 15) is 13.2 Å². The lowest BCUT2D eigenvalue weighted by atomic mass is 10.0. The maximum absolute atomic E-state index is 13.5. The molecule has 3 rings (SSSR count). The van der Waals surface area contributed by atoms with E-state index in [-0.39, 0.29) is 17.3 Å². The lowest BCUT2D eigenvalue weighted by molar-refractivity contribution is 0.538. The van der Waals surface area contributed by atoms with Crippen LogP contribution >= 0.6 is 0 Å². The van der Waals surface area contributed by atoms with Crippen LogP contribution in [0, 0.1) is 5.82 Å². The van der Waals surface area contributed by atoms with Gasteiger partial charge in [0.15, 0.2) is 0 Å². The molecule has 0 saturated carbocycles. The molecule has 1 aromatic heterocycles. The Bertz CT molecular complexity index is 883.